The van der Waals surface area contributed by atoms with Crippen molar-refractivity contribution in [3.05, 3.63) is 16.6 Å². The van der Waals surface area contributed by atoms with Crippen molar-refractivity contribution in [1.29, 1.82) is 0 Å². The van der Waals surface area contributed by atoms with Crippen molar-refractivity contribution in [3.8, 4) is 0 Å². The predicted molar refractivity (Wildman–Crippen MR) is 50.6 cm³/mol. The fraction of sp³-hybridized carbons (Fsp3) is 0.667. The first-order valence-corrected chi connectivity index (χ1v) is 5.40. The third kappa shape index (κ3) is 2.27. The van der Waals surface area contributed by atoms with Crippen molar-refractivity contribution in [2.24, 2.45) is 5.92 Å². The Morgan fingerprint density at radius 3 is 2.85 bits per heavy atom. The van der Waals surface area contributed by atoms with Crippen LogP contribution < -0.4 is 0 Å². The topological polar surface area (TPSA) is 53.4 Å². The molecule has 1 aromatic rings. The summed E-state index contributed by atoms with van der Waals surface area (Å²) in [5.41, 5.74) is 0. The number of nitrogens with zero attached hydrogens (tertiary/aromatic N) is 1. The standard InChI is InChI=1S/C9H13NO2S/c11-7(9(12)6-1-2-6)5-8-10-3-4-13-8/h3-4,6-7,9,11-12H,1-2,5H2. The Hall–Kier alpha value is -0.450. The van der Waals surface area contributed by atoms with E-state index in [-0.39, 0.29) is 0 Å². The fourth-order valence-electron chi connectivity index (χ4n) is 1.41. The smallest absolute Gasteiger partial charge is 0.0951 e. The monoisotopic (exact) mass is 199 g/mol. The predicted octanol–water partition coefficient (Wildman–Crippen LogP) is 0.817. The number of rotatable bonds is 4. The second-order valence-corrected chi connectivity index (χ2v) is 4.50. The summed E-state index contributed by atoms with van der Waals surface area (Å²) in [7, 11) is 0. The van der Waals surface area contributed by atoms with Crippen molar-refractivity contribution in [1.82, 2.24) is 4.98 Å². The molecule has 1 aliphatic rings. The molecular weight excluding hydrogens is 186 g/mol. The first-order valence-electron chi connectivity index (χ1n) is 4.52. The van der Waals surface area contributed by atoms with Gasteiger partial charge < -0.3 is 10.2 Å². The molecule has 3 nitrogen and oxygen atoms in total. The highest BCUT2D eigenvalue weighted by Gasteiger charge is 2.34. The van der Waals surface area contributed by atoms with E-state index in [1.807, 2.05) is 5.38 Å². The molecule has 72 valence electrons. The molecule has 0 spiro atoms. The largest absolute Gasteiger partial charge is 0.390 e. The average Bonchev–Trinajstić information content (AvgIpc) is 2.85. The van der Waals surface area contributed by atoms with Gasteiger partial charge in [-0.25, -0.2) is 4.98 Å². The minimum absolute atomic E-state index is 0.329. The minimum Gasteiger partial charge on any atom is -0.390 e. The van der Waals surface area contributed by atoms with Crippen LogP contribution in [0.5, 0.6) is 0 Å². The fourth-order valence-corrected chi connectivity index (χ4v) is 2.07. The van der Waals surface area contributed by atoms with Crippen molar-refractivity contribution < 1.29 is 10.2 Å². The summed E-state index contributed by atoms with van der Waals surface area (Å²) < 4.78 is 0. The quantitative estimate of drug-likeness (QED) is 0.754. The Morgan fingerprint density at radius 1 is 1.54 bits per heavy atom. The lowest BCUT2D eigenvalue weighted by atomic mass is 10.1. The van der Waals surface area contributed by atoms with E-state index in [1.165, 1.54) is 11.3 Å². The third-order valence-corrected chi connectivity index (χ3v) is 3.17. The molecule has 0 aliphatic heterocycles. The van der Waals surface area contributed by atoms with Crippen LogP contribution in [0, 0.1) is 5.92 Å². The van der Waals surface area contributed by atoms with E-state index >= 15 is 0 Å². The molecule has 2 rings (SSSR count). The molecule has 2 unspecified atom stereocenters. The third-order valence-electron chi connectivity index (χ3n) is 2.37. The molecule has 0 aromatic carbocycles. The van der Waals surface area contributed by atoms with E-state index in [0.29, 0.717) is 12.3 Å². The summed E-state index contributed by atoms with van der Waals surface area (Å²) in [6.45, 7) is 0. The van der Waals surface area contributed by atoms with E-state index in [4.69, 9.17) is 0 Å². The highest BCUT2D eigenvalue weighted by atomic mass is 32.1. The van der Waals surface area contributed by atoms with Gasteiger partial charge in [0.15, 0.2) is 0 Å². The maximum absolute atomic E-state index is 9.62. The van der Waals surface area contributed by atoms with E-state index in [2.05, 4.69) is 4.98 Å². The highest BCUT2D eigenvalue weighted by molar-refractivity contribution is 7.09. The van der Waals surface area contributed by atoms with Crippen molar-refractivity contribution in [2.75, 3.05) is 0 Å². The van der Waals surface area contributed by atoms with Crippen LogP contribution >= 0.6 is 11.3 Å². The SMILES string of the molecule is OC(Cc1nccs1)C(O)C1CC1. The summed E-state index contributed by atoms with van der Waals surface area (Å²) in [5.74, 6) is 0.329. The van der Waals surface area contributed by atoms with E-state index in [9.17, 15) is 10.2 Å². The van der Waals surface area contributed by atoms with Gasteiger partial charge >= 0.3 is 0 Å². The van der Waals surface area contributed by atoms with Gasteiger partial charge in [0, 0.05) is 18.0 Å². The molecule has 0 radical (unpaired) electrons. The molecular formula is C9H13NO2S. The summed E-state index contributed by atoms with van der Waals surface area (Å²) in [5, 5.41) is 22.0. The lowest BCUT2D eigenvalue weighted by molar-refractivity contribution is 0.00671. The van der Waals surface area contributed by atoms with Crippen LogP contribution in [0.1, 0.15) is 17.8 Å². The Bertz CT molecular complexity index is 259. The van der Waals surface area contributed by atoms with Crippen LogP contribution in [0.2, 0.25) is 0 Å². The van der Waals surface area contributed by atoms with Crippen LogP contribution in [0.3, 0.4) is 0 Å². The van der Waals surface area contributed by atoms with Gasteiger partial charge in [-0.05, 0) is 18.8 Å². The molecule has 4 heteroatoms. The van der Waals surface area contributed by atoms with Gasteiger partial charge in [0.2, 0.25) is 0 Å². The summed E-state index contributed by atoms with van der Waals surface area (Å²) in [6, 6.07) is 0. The Kier molecular flexibility index (Phi) is 2.62. The average molecular weight is 199 g/mol. The number of thiazole rings is 1. The van der Waals surface area contributed by atoms with Crippen molar-refractivity contribution in [2.45, 2.75) is 31.5 Å². The van der Waals surface area contributed by atoms with Gasteiger partial charge in [-0.15, -0.1) is 11.3 Å². The Labute approximate surface area is 81.1 Å². The lowest BCUT2D eigenvalue weighted by Crippen LogP contribution is -2.29. The minimum atomic E-state index is -0.640. The number of aromatic nitrogens is 1. The molecule has 0 bridgehead atoms. The molecule has 2 N–H and O–H groups in total. The zero-order valence-electron chi connectivity index (χ0n) is 7.26. The van der Waals surface area contributed by atoms with Crippen LogP contribution in [-0.4, -0.2) is 27.4 Å². The first-order chi connectivity index (χ1) is 6.27. The van der Waals surface area contributed by atoms with Crippen LogP contribution in [0.4, 0.5) is 0 Å². The lowest BCUT2D eigenvalue weighted by Gasteiger charge is -2.15. The van der Waals surface area contributed by atoms with Crippen LogP contribution in [-0.2, 0) is 6.42 Å². The van der Waals surface area contributed by atoms with Gasteiger partial charge in [-0.3, -0.25) is 0 Å². The number of hydrogen-bond donors (Lipinski definition) is 2. The number of aliphatic hydroxyl groups is 2. The van der Waals surface area contributed by atoms with Crippen LogP contribution in [0.15, 0.2) is 11.6 Å². The summed E-state index contributed by atoms with van der Waals surface area (Å²) >= 11 is 1.52. The van der Waals surface area contributed by atoms with E-state index in [1.54, 1.807) is 6.20 Å². The first kappa shape index (κ1) is 9.12. The second-order valence-electron chi connectivity index (χ2n) is 3.53. The second kappa shape index (κ2) is 3.74. The van der Waals surface area contributed by atoms with E-state index in [0.717, 1.165) is 17.8 Å². The highest BCUT2D eigenvalue weighted by Crippen LogP contribution is 2.34. The molecule has 13 heavy (non-hydrogen) atoms. The Balaban J connectivity index is 1.86. The number of aliphatic hydroxyl groups excluding tert-OH is 2. The van der Waals surface area contributed by atoms with E-state index < -0.39 is 12.2 Å². The van der Waals surface area contributed by atoms with Gasteiger partial charge in [-0.1, -0.05) is 0 Å². The van der Waals surface area contributed by atoms with Crippen molar-refractivity contribution in [3.63, 3.8) is 0 Å². The van der Waals surface area contributed by atoms with Crippen molar-refractivity contribution >= 4 is 11.3 Å². The molecule has 1 aromatic heterocycles. The normalized spacial score (nSPS) is 21.4. The Morgan fingerprint density at radius 2 is 2.31 bits per heavy atom. The maximum atomic E-state index is 9.62. The zero-order valence-corrected chi connectivity index (χ0v) is 8.07. The van der Waals surface area contributed by atoms with Gasteiger partial charge in [0.1, 0.15) is 0 Å². The number of hydrogen-bond acceptors (Lipinski definition) is 4. The summed E-state index contributed by atoms with van der Waals surface area (Å²) in [6.07, 6.45) is 3.11. The van der Waals surface area contributed by atoms with Gasteiger partial charge in [0.25, 0.3) is 0 Å². The molecule has 0 saturated heterocycles. The maximum Gasteiger partial charge on any atom is 0.0951 e. The van der Waals surface area contributed by atoms with Crippen LogP contribution in [0.25, 0.3) is 0 Å². The molecule has 1 fully saturated rings. The summed E-state index contributed by atoms with van der Waals surface area (Å²) in [4.78, 5) is 4.07. The molecule has 1 saturated carbocycles. The van der Waals surface area contributed by atoms with Gasteiger partial charge in [-0.2, -0.15) is 0 Å². The molecule has 0 amide bonds. The molecule has 1 aliphatic carbocycles. The zero-order chi connectivity index (χ0) is 9.26. The van der Waals surface area contributed by atoms with Gasteiger partial charge in [0.05, 0.1) is 17.2 Å². The molecule has 2 atom stereocenters. The molecule has 1 heterocycles.